The van der Waals surface area contributed by atoms with E-state index in [1.54, 1.807) is 0 Å². The second-order valence-corrected chi connectivity index (χ2v) is 4.43. The lowest BCUT2D eigenvalue weighted by molar-refractivity contribution is -0.394. The highest BCUT2D eigenvalue weighted by atomic mass is 19.4. The van der Waals surface area contributed by atoms with Crippen molar-refractivity contribution in [2.24, 2.45) is 0 Å². The van der Waals surface area contributed by atoms with Gasteiger partial charge < -0.3 is 5.32 Å². The van der Waals surface area contributed by atoms with Gasteiger partial charge in [0.2, 0.25) is 0 Å². The lowest BCUT2D eigenvalue weighted by Crippen LogP contribution is -2.30. The van der Waals surface area contributed by atoms with Gasteiger partial charge in [0.25, 0.3) is 11.4 Å². The third-order valence-electron chi connectivity index (χ3n) is 2.66. The molecule has 0 radical (unpaired) electrons. The van der Waals surface area contributed by atoms with E-state index >= 15 is 0 Å². The molecule has 0 aliphatic rings. The first-order valence-electron chi connectivity index (χ1n) is 5.82. The third kappa shape index (κ3) is 5.34. The molecule has 0 bridgehead atoms. The van der Waals surface area contributed by atoms with Crippen molar-refractivity contribution in [3.63, 3.8) is 0 Å². The van der Waals surface area contributed by atoms with Crippen LogP contribution >= 0.6 is 0 Å². The number of nitrogens with zero attached hydrogens (tertiary/aromatic N) is 2. The Labute approximate surface area is 117 Å². The maximum atomic E-state index is 12.2. The fraction of sp³-hybridized carbons (Fsp3) is 0.455. The number of halogens is 3. The number of nitrogens with one attached hydrogen (secondary N) is 1. The van der Waals surface area contributed by atoms with Gasteiger partial charge in [0, 0.05) is 24.2 Å². The summed E-state index contributed by atoms with van der Waals surface area (Å²) in [6.07, 6.45) is -5.42. The second-order valence-electron chi connectivity index (χ2n) is 4.43. The van der Waals surface area contributed by atoms with E-state index in [2.05, 4.69) is 5.32 Å². The Morgan fingerprint density at radius 3 is 2.33 bits per heavy atom. The molecule has 0 amide bonds. The van der Waals surface area contributed by atoms with Crippen molar-refractivity contribution < 1.29 is 23.0 Å². The number of hydrogen-bond acceptors (Lipinski definition) is 5. The Hall–Kier alpha value is -2.23. The fourth-order valence-electron chi connectivity index (χ4n) is 1.69. The first kappa shape index (κ1) is 16.8. The van der Waals surface area contributed by atoms with E-state index in [-0.39, 0.29) is 12.1 Å². The molecular formula is C11H12F3N3O4. The lowest BCUT2D eigenvalue weighted by atomic mass is 10.1. The van der Waals surface area contributed by atoms with Crippen molar-refractivity contribution >= 4 is 11.4 Å². The van der Waals surface area contributed by atoms with E-state index in [9.17, 15) is 33.4 Å². The molecule has 0 aliphatic heterocycles. The number of hydrogen-bond donors (Lipinski definition) is 1. The monoisotopic (exact) mass is 307 g/mol. The van der Waals surface area contributed by atoms with Crippen LogP contribution in [-0.4, -0.2) is 22.1 Å². The average molecular weight is 307 g/mol. The highest BCUT2D eigenvalue weighted by Gasteiger charge is 2.30. The average Bonchev–Trinajstić information content (AvgIpc) is 2.33. The number of rotatable bonds is 6. The van der Waals surface area contributed by atoms with Gasteiger partial charge in [0.1, 0.15) is 0 Å². The molecule has 0 fully saturated rings. The summed E-state index contributed by atoms with van der Waals surface area (Å²) in [7, 11) is 0. The minimum absolute atomic E-state index is 0.0830. The van der Waals surface area contributed by atoms with Gasteiger partial charge in [-0.1, -0.05) is 0 Å². The van der Waals surface area contributed by atoms with Gasteiger partial charge in [0.05, 0.1) is 22.3 Å². The first-order valence-corrected chi connectivity index (χ1v) is 5.82. The molecule has 0 aliphatic carbocycles. The van der Waals surface area contributed by atoms with Crippen LogP contribution in [-0.2, 0) is 6.54 Å². The van der Waals surface area contributed by atoms with Crippen molar-refractivity contribution in [3.05, 3.63) is 44.0 Å². The van der Waals surface area contributed by atoms with Gasteiger partial charge in [-0.3, -0.25) is 20.2 Å². The zero-order valence-electron chi connectivity index (χ0n) is 10.9. The van der Waals surface area contributed by atoms with E-state index in [1.165, 1.54) is 6.92 Å². The maximum absolute atomic E-state index is 12.2. The van der Waals surface area contributed by atoms with Crippen LogP contribution in [0, 0.1) is 20.2 Å². The quantitative estimate of drug-likeness (QED) is 0.643. The molecule has 0 aromatic heterocycles. The summed E-state index contributed by atoms with van der Waals surface area (Å²) in [6, 6.07) is 2.08. The standard InChI is InChI=1S/C11H12F3N3O4/c1-7(5-11(12,13)14)15-6-8-2-3-9(16(18)19)4-10(8)17(20)21/h2-4,7,15H,5-6H2,1H3. The minimum atomic E-state index is -4.34. The van der Waals surface area contributed by atoms with Crippen molar-refractivity contribution in [1.29, 1.82) is 0 Å². The molecule has 1 rings (SSSR count). The zero-order chi connectivity index (χ0) is 16.2. The lowest BCUT2D eigenvalue weighted by Gasteiger charge is -2.15. The Kier molecular flexibility index (Phi) is 5.19. The summed E-state index contributed by atoms with van der Waals surface area (Å²) >= 11 is 0. The molecule has 1 aromatic rings. The molecule has 1 atom stereocenters. The molecule has 116 valence electrons. The first-order chi connectivity index (χ1) is 9.60. The number of nitro groups is 2. The molecule has 0 spiro atoms. The molecule has 1 N–H and O–H groups in total. The summed E-state index contributed by atoms with van der Waals surface area (Å²) in [5, 5.41) is 23.9. The summed E-state index contributed by atoms with van der Waals surface area (Å²) < 4.78 is 36.5. The topological polar surface area (TPSA) is 98.3 Å². The summed E-state index contributed by atoms with van der Waals surface area (Å²) in [4.78, 5) is 19.8. The zero-order valence-corrected chi connectivity index (χ0v) is 10.9. The Bertz CT molecular complexity index is 548. The highest BCUT2D eigenvalue weighted by Crippen LogP contribution is 2.25. The summed E-state index contributed by atoms with van der Waals surface area (Å²) in [5.41, 5.74) is -0.871. The van der Waals surface area contributed by atoms with Crippen LogP contribution in [0.3, 0.4) is 0 Å². The predicted molar refractivity (Wildman–Crippen MR) is 66.7 cm³/mol. The van der Waals surface area contributed by atoms with Crippen LogP contribution in [0.1, 0.15) is 18.9 Å². The van der Waals surface area contributed by atoms with Gasteiger partial charge in [-0.05, 0) is 13.0 Å². The molecule has 7 nitrogen and oxygen atoms in total. The maximum Gasteiger partial charge on any atom is 0.390 e. The molecule has 10 heteroatoms. The minimum Gasteiger partial charge on any atom is -0.310 e. The highest BCUT2D eigenvalue weighted by molar-refractivity contribution is 5.49. The Morgan fingerprint density at radius 1 is 1.24 bits per heavy atom. The van der Waals surface area contributed by atoms with Crippen LogP contribution in [0.4, 0.5) is 24.5 Å². The molecule has 0 saturated heterocycles. The van der Waals surface area contributed by atoms with Gasteiger partial charge in [-0.25, -0.2) is 0 Å². The van der Waals surface area contributed by atoms with Gasteiger partial charge >= 0.3 is 6.18 Å². The van der Waals surface area contributed by atoms with Crippen LogP contribution in [0.25, 0.3) is 0 Å². The van der Waals surface area contributed by atoms with Gasteiger partial charge in [0.15, 0.2) is 0 Å². The van der Waals surface area contributed by atoms with Gasteiger partial charge in [-0.2, -0.15) is 13.2 Å². The fourth-order valence-corrected chi connectivity index (χ4v) is 1.69. The molecule has 0 heterocycles. The number of nitro benzene ring substituents is 2. The van der Waals surface area contributed by atoms with Crippen LogP contribution < -0.4 is 5.32 Å². The number of benzene rings is 1. The van der Waals surface area contributed by atoms with E-state index in [0.29, 0.717) is 0 Å². The van der Waals surface area contributed by atoms with Gasteiger partial charge in [-0.15, -0.1) is 0 Å². The summed E-state index contributed by atoms with van der Waals surface area (Å²) in [6.45, 7) is 1.11. The molecule has 1 unspecified atom stereocenters. The van der Waals surface area contributed by atoms with E-state index < -0.39 is 39.9 Å². The van der Waals surface area contributed by atoms with Crippen LogP contribution in [0.15, 0.2) is 18.2 Å². The predicted octanol–water partition coefficient (Wildman–Crippen LogP) is 2.93. The van der Waals surface area contributed by atoms with Crippen molar-refractivity contribution in [2.45, 2.75) is 32.1 Å². The van der Waals surface area contributed by atoms with E-state index in [1.807, 2.05) is 0 Å². The molecular weight excluding hydrogens is 295 g/mol. The van der Waals surface area contributed by atoms with Crippen molar-refractivity contribution in [3.8, 4) is 0 Å². The van der Waals surface area contributed by atoms with Crippen LogP contribution in [0.2, 0.25) is 0 Å². The molecule has 1 aromatic carbocycles. The largest absolute Gasteiger partial charge is 0.390 e. The normalized spacial score (nSPS) is 13.0. The Morgan fingerprint density at radius 2 is 1.86 bits per heavy atom. The van der Waals surface area contributed by atoms with Crippen molar-refractivity contribution in [1.82, 2.24) is 5.32 Å². The van der Waals surface area contributed by atoms with E-state index in [4.69, 9.17) is 0 Å². The second kappa shape index (κ2) is 6.48. The van der Waals surface area contributed by atoms with Crippen molar-refractivity contribution in [2.75, 3.05) is 0 Å². The SMILES string of the molecule is CC(CC(F)(F)F)NCc1ccc([N+](=O)[O-])cc1[N+](=O)[O-]. The smallest absolute Gasteiger partial charge is 0.310 e. The molecule has 0 saturated carbocycles. The van der Waals surface area contributed by atoms with Crippen LogP contribution in [0.5, 0.6) is 0 Å². The Balaban J connectivity index is 2.84. The van der Waals surface area contributed by atoms with E-state index in [0.717, 1.165) is 18.2 Å². The summed E-state index contributed by atoms with van der Waals surface area (Å²) in [5.74, 6) is 0. The number of non-ortho nitro benzene ring substituents is 1. The molecule has 21 heavy (non-hydrogen) atoms. The third-order valence-corrected chi connectivity index (χ3v) is 2.66. The number of alkyl halides is 3.